The minimum atomic E-state index is -4.92. The van der Waals surface area contributed by atoms with Gasteiger partial charge in [0, 0.05) is 20.2 Å². The van der Waals surface area contributed by atoms with Crippen molar-refractivity contribution in [3.05, 3.63) is 56.7 Å². The highest BCUT2D eigenvalue weighted by Crippen LogP contribution is 2.43. The Morgan fingerprint density at radius 1 is 0.931 bits per heavy atom. The highest BCUT2D eigenvalue weighted by atomic mass is 127. The zero-order chi connectivity index (χ0) is 21.4. The molecular formula is C20H17F6IN2. The van der Waals surface area contributed by atoms with Crippen LogP contribution in [0.15, 0.2) is 36.4 Å². The maximum absolute atomic E-state index is 13.7. The molecule has 1 aromatic heterocycles. The molecular weight excluding hydrogens is 509 g/mol. The standard InChI is InChI=1S/C20H17F6IN2/c21-19(22,23)12-9-15(20(24,25)26)17-14(6-1-2-7-28)18(29-16(17)10-12)11-4-3-5-13(27)8-11/h3-5,8-10,29H,1-2,6-7,28H2. The molecule has 3 N–H and O–H groups in total. The van der Waals surface area contributed by atoms with Gasteiger partial charge in [-0.1, -0.05) is 12.1 Å². The molecule has 0 aliphatic rings. The first kappa shape index (κ1) is 21.9. The van der Waals surface area contributed by atoms with Crippen LogP contribution in [0, 0.1) is 3.57 Å². The van der Waals surface area contributed by atoms with Crippen LogP contribution in [-0.2, 0) is 18.8 Å². The van der Waals surface area contributed by atoms with Crippen molar-refractivity contribution >= 4 is 33.5 Å². The van der Waals surface area contributed by atoms with Gasteiger partial charge in [-0.2, -0.15) is 26.3 Å². The summed E-state index contributed by atoms with van der Waals surface area (Å²) in [4.78, 5) is 2.83. The number of H-pyrrole nitrogens is 1. The summed E-state index contributed by atoms with van der Waals surface area (Å²) >= 11 is 2.07. The molecule has 0 atom stereocenters. The number of halogens is 7. The Morgan fingerprint density at radius 3 is 2.24 bits per heavy atom. The molecule has 0 bridgehead atoms. The fourth-order valence-corrected chi connectivity index (χ4v) is 3.92. The fourth-order valence-electron chi connectivity index (χ4n) is 3.37. The third kappa shape index (κ3) is 4.71. The lowest BCUT2D eigenvalue weighted by atomic mass is 9.96. The Kier molecular flexibility index (Phi) is 6.19. The van der Waals surface area contributed by atoms with Crippen molar-refractivity contribution in [3.63, 3.8) is 0 Å². The van der Waals surface area contributed by atoms with Crippen LogP contribution in [-0.4, -0.2) is 11.5 Å². The molecule has 9 heteroatoms. The summed E-state index contributed by atoms with van der Waals surface area (Å²) in [5, 5.41) is -0.212. The number of aromatic nitrogens is 1. The van der Waals surface area contributed by atoms with Crippen LogP contribution in [0.3, 0.4) is 0 Å². The van der Waals surface area contributed by atoms with Crippen LogP contribution in [0.1, 0.15) is 29.5 Å². The van der Waals surface area contributed by atoms with Crippen molar-refractivity contribution in [2.45, 2.75) is 31.6 Å². The van der Waals surface area contributed by atoms with Gasteiger partial charge >= 0.3 is 12.4 Å². The minimum absolute atomic E-state index is 0.177. The van der Waals surface area contributed by atoms with Crippen LogP contribution < -0.4 is 5.73 Å². The summed E-state index contributed by atoms with van der Waals surface area (Å²) in [7, 11) is 0. The van der Waals surface area contributed by atoms with E-state index >= 15 is 0 Å². The van der Waals surface area contributed by atoms with E-state index < -0.39 is 23.5 Å². The largest absolute Gasteiger partial charge is 0.417 e. The number of alkyl halides is 6. The average molecular weight is 526 g/mol. The van der Waals surface area contributed by atoms with Gasteiger partial charge in [0.05, 0.1) is 11.1 Å². The average Bonchev–Trinajstić information content (AvgIpc) is 2.98. The Morgan fingerprint density at radius 2 is 1.66 bits per heavy atom. The molecule has 156 valence electrons. The normalized spacial score (nSPS) is 12.7. The highest BCUT2D eigenvalue weighted by molar-refractivity contribution is 14.1. The van der Waals surface area contributed by atoms with Gasteiger partial charge in [0.15, 0.2) is 0 Å². The second-order valence-electron chi connectivity index (χ2n) is 6.68. The van der Waals surface area contributed by atoms with E-state index in [4.69, 9.17) is 5.73 Å². The molecule has 0 radical (unpaired) electrons. The molecule has 0 fully saturated rings. The van der Waals surface area contributed by atoms with Gasteiger partial charge in [0.2, 0.25) is 0 Å². The van der Waals surface area contributed by atoms with Crippen LogP contribution in [0.25, 0.3) is 22.2 Å². The van der Waals surface area contributed by atoms with Crippen molar-refractivity contribution in [1.29, 1.82) is 0 Å². The number of benzene rings is 2. The van der Waals surface area contributed by atoms with Crippen LogP contribution in [0.4, 0.5) is 26.3 Å². The number of fused-ring (bicyclic) bond motifs is 1. The molecule has 3 aromatic rings. The molecule has 0 spiro atoms. The quantitative estimate of drug-likeness (QED) is 0.216. The smallest absolute Gasteiger partial charge is 0.354 e. The molecule has 0 saturated carbocycles. The predicted octanol–water partition coefficient (Wildman–Crippen LogP) is 6.76. The summed E-state index contributed by atoms with van der Waals surface area (Å²) in [5.41, 5.74) is 4.10. The third-order valence-corrected chi connectivity index (χ3v) is 5.30. The van der Waals surface area contributed by atoms with Crippen molar-refractivity contribution in [1.82, 2.24) is 4.98 Å². The van der Waals surface area contributed by atoms with E-state index in [1.807, 2.05) is 6.07 Å². The van der Waals surface area contributed by atoms with Gasteiger partial charge in [-0.05, 0) is 83.8 Å². The molecule has 2 nitrogen and oxygen atoms in total. The second kappa shape index (κ2) is 8.17. The zero-order valence-corrected chi connectivity index (χ0v) is 17.2. The number of hydrogen-bond donors (Lipinski definition) is 2. The van der Waals surface area contributed by atoms with Crippen molar-refractivity contribution in [3.8, 4) is 11.3 Å². The molecule has 3 rings (SSSR count). The number of unbranched alkanes of at least 4 members (excludes halogenated alkanes) is 1. The van der Waals surface area contributed by atoms with Gasteiger partial charge in [0.25, 0.3) is 0 Å². The maximum Gasteiger partial charge on any atom is 0.417 e. The second-order valence-corrected chi connectivity index (χ2v) is 7.92. The lowest BCUT2D eigenvalue weighted by molar-refractivity contribution is -0.142. The van der Waals surface area contributed by atoms with E-state index in [0.717, 1.165) is 9.64 Å². The summed E-state index contributed by atoms with van der Waals surface area (Å²) in [5.74, 6) is 0. The maximum atomic E-state index is 13.7. The van der Waals surface area contributed by atoms with Gasteiger partial charge in [-0.3, -0.25) is 0 Å². The first-order chi connectivity index (χ1) is 13.5. The van der Waals surface area contributed by atoms with E-state index in [0.29, 0.717) is 36.2 Å². The first-order valence-electron chi connectivity index (χ1n) is 8.81. The molecule has 0 aliphatic heterocycles. The summed E-state index contributed by atoms with van der Waals surface area (Å²) in [6, 6.07) is 8.00. The van der Waals surface area contributed by atoms with Crippen molar-refractivity contribution in [2.75, 3.05) is 6.54 Å². The molecule has 0 aliphatic carbocycles. The lowest BCUT2D eigenvalue weighted by Crippen LogP contribution is -2.11. The predicted molar refractivity (Wildman–Crippen MR) is 108 cm³/mol. The van der Waals surface area contributed by atoms with E-state index in [1.54, 1.807) is 18.2 Å². The topological polar surface area (TPSA) is 41.8 Å². The Bertz CT molecular complexity index is 1020. The summed E-state index contributed by atoms with van der Waals surface area (Å²) in [6.07, 6.45) is -8.42. The van der Waals surface area contributed by atoms with Crippen LogP contribution in [0.5, 0.6) is 0 Å². The fraction of sp³-hybridized carbons (Fsp3) is 0.300. The van der Waals surface area contributed by atoms with Gasteiger partial charge in [-0.15, -0.1) is 0 Å². The first-order valence-corrected chi connectivity index (χ1v) is 9.89. The molecule has 0 unspecified atom stereocenters. The minimum Gasteiger partial charge on any atom is -0.354 e. The Hall–Kier alpha value is -1.75. The number of rotatable bonds is 5. The van der Waals surface area contributed by atoms with Crippen LogP contribution >= 0.6 is 22.6 Å². The molecule has 1 heterocycles. The summed E-state index contributed by atoms with van der Waals surface area (Å²) in [6.45, 7) is 0.380. The number of hydrogen-bond acceptors (Lipinski definition) is 1. The van der Waals surface area contributed by atoms with Gasteiger partial charge in [-0.25, -0.2) is 0 Å². The SMILES string of the molecule is NCCCCc1c(-c2cccc(I)c2)[nH]c2cc(C(F)(F)F)cc(C(F)(F)F)c12. The van der Waals surface area contributed by atoms with E-state index in [-0.39, 0.29) is 23.4 Å². The zero-order valence-electron chi connectivity index (χ0n) is 15.0. The Balaban J connectivity index is 2.34. The van der Waals surface area contributed by atoms with Crippen molar-refractivity contribution < 1.29 is 26.3 Å². The highest BCUT2D eigenvalue weighted by Gasteiger charge is 2.39. The van der Waals surface area contributed by atoms with E-state index in [9.17, 15) is 26.3 Å². The lowest BCUT2D eigenvalue weighted by Gasteiger charge is -2.14. The third-order valence-electron chi connectivity index (χ3n) is 4.63. The molecule has 0 amide bonds. The van der Waals surface area contributed by atoms with Gasteiger partial charge in [0.1, 0.15) is 0 Å². The number of aryl methyl sites for hydroxylation is 1. The number of nitrogens with one attached hydrogen (secondary N) is 1. The van der Waals surface area contributed by atoms with E-state index in [1.165, 1.54) is 0 Å². The van der Waals surface area contributed by atoms with Crippen molar-refractivity contribution in [2.24, 2.45) is 5.73 Å². The van der Waals surface area contributed by atoms with Crippen LogP contribution in [0.2, 0.25) is 0 Å². The number of aromatic amines is 1. The van der Waals surface area contributed by atoms with E-state index in [2.05, 4.69) is 27.6 Å². The summed E-state index contributed by atoms with van der Waals surface area (Å²) < 4.78 is 81.7. The van der Waals surface area contributed by atoms with Gasteiger partial charge < -0.3 is 10.7 Å². The number of nitrogens with two attached hydrogens (primary N) is 1. The Labute approximate surface area is 176 Å². The molecule has 29 heavy (non-hydrogen) atoms. The molecule has 2 aromatic carbocycles. The monoisotopic (exact) mass is 526 g/mol. The molecule has 0 saturated heterocycles.